The van der Waals surface area contributed by atoms with Crippen molar-refractivity contribution in [2.75, 3.05) is 6.79 Å². The number of benzene rings is 1. The molecule has 1 saturated carbocycles. The molecule has 1 atom stereocenters. The Labute approximate surface area is 93.3 Å². The van der Waals surface area contributed by atoms with Crippen LogP contribution in [-0.2, 0) is 5.41 Å². The highest BCUT2D eigenvalue weighted by Crippen LogP contribution is 2.56. The molecule has 0 bridgehead atoms. The topological polar surface area (TPSA) is 44.5 Å². The molecular weight excluding hydrogens is 209 g/mol. The van der Waals surface area contributed by atoms with E-state index in [2.05, 4.69) is 0 Å². The summed E-state index contributed by atoms with van der Waals surface area (Å²) in [5.74, 6) is 0.942. The van der Waals surface area contributed by atoms with E-state index in [0.717, 1.165) is 12.8 Å². The zero-order valence-electron chi connectivity index (χ0n) is 9.13. The summed E-state index contributed by atoms with van der Waals surface area (Å²) in [6, 6.07) is 2.97. The zero-order valence-corrected chi connectivity index (χ0v) is 9.13. The maximum atomic E-state index is 13.9. The first-order valence-corrected chi connectivity index (χ1v) is 5.49. The fraction of sp³-hybridized carbons (Fsp3) is 0.500. The molecule has 0 spiro atoms. The third kappa shape index (κ3) is 1.16. The van der Waals surface area contributed by atoms with Gasteiger partial charge in [0, 0.05) is 17.0 Å². The lowest BCUT2D eigenvalue weighted by molar-refractivity contribution is 0.172. The number of nitrogens with two attached hydrogens (primary N) is 1. The molecule has 2 N–H and O–H groups in total. The van der Waals surface area contributed by atoms with E-state index in [0.29, 0.717) is 17.1 Å². The smallest absolute Gasteiger partial charge is 0.231 e. The van der Waals surface area contributed by atoms with Gasteiger partial charge in [-0.2, -0.15) is 0 Å². The van der Waals surface area contributed by atoms with Gasteiger partial charge in [-0.15, -0.1) is 0 Å². The quantitative estimate of drug-likeness (QED) is 0.833. The van der Waals surface area contributed by atoms with Gasteiger partial charge < -0.3 is 15.2 Å². The molecule has 1 aromatic carbocycles. The molecule has 0 aromatic heterocycles. The van der Waals surface area contributed by atoms with Gasteiger partial charge in [0.1, 0.15) is 5.82 Å². The van der Waals surface area contributed by atoms with Gasteiger partial charge >= 0.3 is 0 Å². The standard InChI is InChI=1S/C12H14FNO2/c1-7(14)12(4-5-12)10-8(13)2-3-9-11(10)16-6-15-9/h2-3,7H,4-6,14H2,1H3. The second-order valence-electron chi connectivity index (χ2n) is 4.60. The Morgan fingerprint density at radius 3 is 2.75 bits per heavy atom. The first kappa shape index (κ1) is 9.90. The Kier molecular flexibility index (Phi) is 1.92. The largest absolute Gasteiger partial charge is 0.454 e. The van der Waals surface area contributed by atoms with Crippen LogP contribution < -0.4 is 15.2 Å². The molecular formula is C12H14FNO2. The fourth-order valence-electron chi connectivity index (χ4n) is 2.48. The van der Waals surface area contributed by atoms with Crippen molar-refractivity contribution in [1.82, 2.24) is 0 Å². The van der Waals surface area contributed by atoms with Gasteiger partial charge in [0.05, 0.1) is 0 Å². The molecule has 2 aliphatic rings. The molecule has 3 nitrogen and oxygen atoms in total. The summed E-state index contributed by atoms with van der Waals surface area (Å²) in [7, 11) is 0. The van der Waals surface area contributed by atoms with E-state index in [1.165, 1.54) is 6.07 Å². The molecule has 1 heterocycles. The average Bonchev–Trinajstić information content (AvgIpc) is 2.90. The maximum Gasteiger partial charge on any atom is 0.231 e. The molecule has 4 heteroatoms. The van der Waals surface area contributed by atoms with Gasteiger partial charge in [-0.1, -0.05) is 0 Å². The SMILES string of the molecule is CC(N)C1(c2c(F)ccc3c2OCO3)CC1. The number of fused-ring (bicyclic) bond motifs is 1. The summed E-state index contributed by atoms with van der Waals surface area (Å²) in [5.41, 5.74) is 6.33. The van der Waals surface area contributed by atoms with Crippen molar-refractivity contribution < 1.29 is 13.9 Å². The monoisotopic (exact) mass is 223 g/mol. The second kappa shape index (κ2) is 3.10. The van der Waals surface area contributed by atoms with Crippen molar-refractivity contribution in [2.24, 2.45) is 5.73 Å². The van der Waals surface area contributed by atoms with Crippen LogP contribution in [0, 0.1) is 5.82 Å². The predicted molar refractivity (Wildman–Crippen MR) is 57.1 cm³/mol. The lowest BCUT2D eigenvalue weighted by atomic mass is 9.88. The number of rotatable bonds is 2. The van der Waals surface area contributed by atoms with E-state index >= 15 is 0 Å². The second-order valence-corrected chi connectivity index (χ2v) is 4.60. The zero-order chi connectivity index (χ0) is 11.3. The summed E-state index contributed by atoms with van der Waals surface area (Å²) in [6.07, 6.45) is 1.84. The van der Waals surface area contributed by atoms with Gasteiger partial charge in [0.15, 0.2) is 11.5 Å². The number of ether oxygens (including phenoxy) is 2. The average molecular weight is 223 g/mol. The van der Waals surface area contributed by atoms with Crippen molar-refractivity contribution in [3.8, 4) is 11.5 Å². The van der Waals surface area contributed by atoms with Crippen LogP contribution in [0.15, 0.2) is 12.1 Å². The lowest BCUT2D eigenvalue weighted by Crippen LogP contribution is -2.32. The van der Waals surface area contributed by atoms with E-state index in [1.54, 1.807) is 6.07 Å². The molecule has 3 rings (SSSR count). The van der Waals surface area contributed by atoms with Crippen LogP contribution in [0.1, 0.15) is 25.3 Å². The number of hydrogen-bond donors (Lipinski definition) is 1. The van der Waals surface area contributed by atoms with E-state index in [4.69, 9.17) is 15.2 Å². The van der Waals surface area contributed by atoms with Gasteiger partial charge in [-0.05, 0) is 31.9 Å². The molecule has 1 aliphatic heterocycles. The van der Waals surface area contributed by atoms with Gasteiger partial charge in [0.2, 0.25) is 6.79 Å². The molecule has 16 heavy (non-hydrogen) atoms. The Morgan fingerprint density at radius 1 is 1.38 bits per heavy atom. The van der Waals surface area contributed by atoms with Gasteiger partial charge in [-0.25, -0.2) is 4.39 Å². The maximum absolute atomic E-state index is 13.9. The molecule has 86 valence electrons. The third-order valence-electron chi connectivity index (χ3n) is 3.65. The molecule has 1 aromatic rings. The van der Waals surface area contributed by atoms with Crippen LogP contribution in [-0.4, -0.2) is 12.8 Å². The summed E-state index contributed by atoms with van der Waals surface area (Å²) in [6.45, 7) is 2.09. The molecule has 1 aliphatic carbocycles. The van der Waals surface area contributed by atoms with Gasteiger partial charge in [0.25, 0.3) is 0 Å². The van der Waals surface area contributed by atoms with Crippen LogP contribution in [0.3, 0.4) is 0 Å². The van der Waals surface area contributed by atoms with E-state index < -0.39 is 0 Å². The summed E-state index contributed by atoms with van der Waals surface area (Å²) >= 11 is 0. The van der Waals surface area contributed by atoms with Crippen molar-refractivity contribution in [3.05, 3.63) is 23.5 Å². The molecule has 0 radical (unpaired) electrons. The van der Waals surface area contributed by atoms with Crippen LogP contribution in [0.4, 0.5) is 4.39 Å². The van der Waals surface area contributed by atoms with Crippen LogP contribution >= 0.6 is 0 Å². The van der Waals surface area contributed by atoms with Crippen LogP contribution in [0.5, 0.6) is 11.5 Å². The molecule has 1 unspecified atom stereocenters. The Hall–Kier alpha value is -1.29. The first-order chi connectivity index (χ1) is 7.65. The predicted octanol–water partition coefficient (Wildman–Crippen LogP) is 1.93. The number of halogens is 1. The Morgan fingerprint density at radius 2 is 2.12 bits per heavy atom. The third-order valence-corrected chi connectivity index (χ3v) is 3.65. The Balaban J connectivity index is 2.17. The van der Waals surface area contributed by atoms with Crippen molar-refractivity contribution in [1.29, 1.82) is 0 Å². The van der Waals surface area contributed by atoms with Crippen molar-refractivity contribution in [3.63, 3.8) is 0 Å². The molecule has 1 fully saturated rings. The summed E-state index contributed by atoms with van der Waals surface area (Å²) in [4.78, 5) is 0. The summed E-state index contributed by atoms with van der Waals surface area (Å²) < 4.78 is 24.6. The van der Waals surface area contributed by atoms with Crippen LogP contribution in [0.2, 0.25) is 0 Å². The van der Waals surface area contributed by atoms with E-state index in [1.807, 2.05) is 6.92 Å². The molecule has 0 amide bonds. The van der Waals surface area contributed by atoms with E-state index in [-0.39, 0.29) is 24.1 Å². The normalized spacial score (nSPS) is 21.9. The Bertz CT molecular complexity index is 441. The fourth-order valence-corrected chi connectivity index (χ4v) is 2.48. The lowest BCUT2D eigenvalue weighted by Gasteiger charge is -2.22. The highest BCUT2D eigenvalue weighted by molar-refractivity contribution is 5.54. The summed E-state index contributed by atoms with van der Waals surface area (Å²) in [5, 5.41) is 0. The highest BCUT2D eigenvalue weighted by Gasteiger charge is 2.52. The minimum atomic E-state index is -0.247. The highest BCUT2D eigenvalue weighted by atomic mass is 19.1. The minimum Gasteiger partial charge on any atom is -0.454 e. The van der Waals surface area contributed by atoms with Crippen LogP contribution in [0.25, 0.3) is 0 Å². The molecule has 0 saturated heterocycles. The minimum absolute atomic E-state index is 0.0716. The van der Waals surface area contributed by atoms with E-state index in [9.17, 15) is 4.39 Å². The van der Waals surface area contributed by atoms with Crippen molar-refractivity contribution >= 4 is 0 Å². The van der Waals surface area contributed by atoms with Gasteiger partial charge in [-0.3, -0.25) is 0 Å². The first-order valence-electron chi connectivity index (χ1n) is 5.49. The van der Waals surface area contributed by atoms with Crippen molar-refractivity contribution in [2.45, 2.75) is 31.2 Å². The number of hydrogen-bond acceptors (Lipinski definition) is 3.